The molecule has 0 heterocycles. The molecule has 3 fully saturated rings. The maximum atomic E-state index is 12.0. The van der Waals surface area contributed by atoms with Gasteiger partial charge in [-0.1, -0.05) is 20.8 Å². The van der Waals surface area contributed by atoms with Gasteiger partial charge in [0.15, 0.2) is 5.78 Å². The summed E-state index contributed by atoms with van der Waals surface area (Å²) in [7, 11) is 0. The summed E-state index contributed by atoms with van der Waals surface area (Å²) < 4.78 is 0. The Hall–Kier alpha value is -0.490. The van der Waals surface area contributed by atoms with Gasteiger partial charge < -0.3 is 20.4 Å². The summed E-state index contributed by atoms with van der Waals surface area (Å²) in [6, 6.07) is 0. The molecule has 5 nitrogen and oxygen atoms in total. The van der Waals surface area contributed by atoms with Crippen LogP contribution in [0.3, 0.4) is 0 Å². The third kappa shape index (κ3) is 1.39. The summed E-state index contributed by atoms with van der Waals surface area (Å²) in [6.45, 7) is 5.36. The van der Waals surface area contributed by atoms with E-state index in [4.69, 9.17) is 0 Å². The number of Topliss-reactive ketones (excluding diaryl/α,β-unsaturated/α-hetero) is 1. The second kappa shape index (κ2) is 3.83. The highest BCUT2D eigenvalue weighted by Crippen LogP contribution is 2.67. The molecule has 5 heteroatoms. The molecule has 3 aliphatic rings. The Morgan fingerprint density at radius 3 is 2.35 bits per heavy atom. The van der Waals surface area contributed by atoms with Crippen molar-refractivity contribution in [1.29, 1.82) is 0 Å². The van der Waals surface area contributed by atoms with Gasteiger partial charge in [0.1, 0.15) is 11.7 Å². The van der Waals surface area contributed by atoms with Crippen molar-refractivity contribution in [2.45, 2.75) is 51.4 Å². The van der Waals surface area contributed by atoms with E-state index in [0.29, 0.717) is 0 Å². The molecule has 0 amide bonds. The Morgan fingerprint density at radius 2 is 1.80 bits per heavy atom. The Morgan fingerprint density at radius 1 is 1.20 bits per heavy atom. The van der Waals surface area contributed by atoms with E-state index in [1.807, 2.05) is 6.92 Å². The van der Waals surface area contributed by atoms with Crippen molar-refractivity contribution in [3.8, 4) is 0 Å². The topological polar surface area (TPSA) is 98.0 Å². The van der Waals surface area contributed by atoms with Crippen molar-refractivity contribution >= 4 is 5.78 Å². The van der Waals surface area contributed by atoms with E-state index in [1.165, 1.54) is 0 Å². The monoisotopic (exact) mass is 284 g/mol. The van der Waals surface area contributed by atoms with Gasteiger partial charge in [0.25, 0.3) is 0 Å². The van der Waals surface area contributed by atoms with E-state index in [-0.39, 0.29) is 17.3 Å². The minimum Gasteiger partial charge on any atom is -0.393 e. The number of fused-ring (bicyclic) bond motifs is 3. The average Bonchev–Trinajstić information content (AvgIpc) is 2.72. The second-order valence-corrected chi connectivity index (χ2v) is 8.04. The van der Waals surface area contributed by atoms with E-state index in [9.17, 15) is 25.2 Å². The van der Waals surface area contributed by atoms with Gasteiger partial charge in [0.2, 0.25) is 0 Å². The first-order valence-corrected chi connectivity index (χ1v) is 7.32. The number of carbonyl (C=O) groups is 1. The second-order valence-electron chi connectivity index (χ2n) is 8.04. The van der Waals surface area contributed by atoms with E-state index in [1.54, 1.807) is 0 Å². The number of hydrogen-bond donors (Lipinski definition) is 4. The predicted molar refractivity (Wildman–Crippen MR) is 70.6 cm³/mol. The van der Waals surface area contributed by atoms with Crippen molar-refractivity contribution in [2.24, 2.45) is 28.6 Å². The molecule has 0 aromatic rings. The van der Waals surface area contributed by atoms with Gasteiger partial charge in [-0.05, 0) is 30.1 Å². The molecule has 3 aliphatic carbocycles. The Balaban J connectivity index is 2.09. The lowest BCUT2D eigenvalue weighted by atomic mass is 9.41. The van der Waals surface area contributed by atoms with Crippen LogP contribution in [0.15, 0.2) is 0 Å². The van der Waals surface area contributed by atoms with E-state index in [2.05, 4.69) is 13.8 Å². The molecule has 0 bridgehead atoms. The lowest BCUT2D eigenvalue weighted by Gasteiger charge is -2.64. The fraction of sp³-hybridized carbons (Fsp3) is 0.933. The van der Waals surface area contributed by atoms with E-state index in [0.717, 1.165) is 12.8 Å². The van der Waals surface area contributed by atoms with Crippen LogP contribution in [0.25, 0.3) is 0 Å². The smallest absolute Gasteiger partial charge is 0.168 e. The third-order valence-electron chi connectivity index (χ3n) is 6.31. The van der Waals surface area contributed by atoms with Crippen molar-refractivity contribution in [2.75, 3.05) is 6.61 Å². The van der Waals surface area contributed by atoms with Gasteiger partial charge in [-0.25, -0.2) is 0 Å². The molecule has 4 N–H and O–H groups in total. The van der Waals surface area contributed by atoms with Crippen molar-refractivity contribution < 1.29 is 25.2 Å². The molecule has 0 spiro atoms. The Kier molecular flexibility index (Phi) is 2.76. The summed E-state index contributed by atoms with van der Waals surface area (Å²) >= 11 is 0. The molecular weight excluding hydrogens is 260 g/mol. The highest BCUT2D eigenvalue weighted by molar-refractivity contribution is 5.95. The van der Waals surface area contributed by atoms with Gasteiger partial charge in [-0.3, -0.25) is 4.79 Å². The first-order chi connectivity index (χ1) is 9.09. The minimum atomic E-state index is -1.83. The van der Waals surface area contributed by atoms with E-state index >= 15 is 0 Å². The number of aliphatic hydroxyl groups is 4. The molecule has 0 unspecified atom stereocenters. The number of hydrogen-bond acceptors (Lipinski definition) is 5. The quantitative estimate of drug-likeness (QED) is 0.530. The van der Waals surface area contributed by atoms with Crippen LogP contribution in [0.1, 0.15) is 33.6 Å². The van der Waals surface area contributed by atoms with Gasteiger partial charge >= 0.3 is 0 Å². The molecule has 0 radical (unpaired) electrons. The van der Waals surface area contributed by atoms with Crippen LogP contribution in [0.5, 0.6) is 0 Å². The zero-order valence-electron chi connectivity index (χ0n) is 12.2. The average molecular weight is 284 g/mol. The molecule has 20 heavy (non-hydrogen) atoms. The largest absolute Gasteiger partial charge is 0.393 e. The summed E-state index contributed by atoms with van der Waals surface area (Å²) in [5.74, 6) is -1.52. The number of ketones is 1. The summed E-state index contributed by atoms with van der Waals surface area (Å²) in [5.41, 5.74) is -2.57. The first-order valence-electron chi connectivity index (χ1n) is 7.32. The molecular formula is C15H24O5. The van der Waals surface area contributed by atoms with Crippen LogP contribution in [0, 0.1) is 28.6 Å². The van der Waals surface area contributed by atoms with Gasteiger partial charge in [-0.2, -0.15) is 0 Å². The predicted octanol–water partition coefficient (Wildman–Crippen LogP) is -0.297. The first kappa shape index (κ1) is 14.4. The summed E-state index contributed by atoms with van der Waals surface area (Å²) in [5, 5.41) is 41.0. The molecule has 0 saturated heterocycles. The van der Waals surface area contributed by atoms with Crippen molar-refractivity contribution in [3.63, 3.8) is 0 Å². The number of carbonyl (C=O) groups excluding carboxylic acids is 1. The maximum Gasteiger partial charge on any atom is 0.168 e. The molecule has 0 aromatic heterocycles. The fourth-order valence-corrected chi connectivity index (χ4v) is 5.38. The van der Waals surface area contributed by atoms with Crippen LogP contribution in [-0.4, -0.2) is 50.6 Å². The Bertz CT molecular complexity index is 461. The molecule has 114 valence electrons. The lowest BCUT2D eigenvalue weighted by Crippen LogP contribution is -2.78. The zero-order valence-corrected chi connectivity index (χ0v) is 12.2. The van der Waals surface area contributed by atoms with Crippen molar-refractivity contribution in [1.82, 2.24) is 0 Å². The highest BCUT2D eigenvalue weighted by atomic mass is 16.4. The van der Waals surface area contributed by atoms with E-state index < -0.39 is 41.5 Å². The van der Waals surface area contributed by atoms with Crippen LogP contribution < -0.4 is 0 Å². The molecule has 3 saturated carbocycles. The van der Waals surface area contributed by atoms with Crippen LogP contribution in [0.2, 0.25) is 0 Å². The molecule has 3 rings (SSSR count). The van der Waals surface area contributed by atoms with Crippen LogP contribution >= 0.6 is 0 Å². The number of aliphatic hydroxyl groups excluding tert-OH is 3. The SMILES string of the molecule is CC1(C)C[C@H]2[C@H](O)[C@](O)(CO)[C@@H]3C(=O)[C@@H](O)[C@]3(C)[C@H]2C1. The van der Waals surface area contributed by atoms with Gasteiger partial charge in [0, 0.05) is 5.41 Å². The normalized spacial score (nSPS) is 57.0. The van der Waals surface area contributed by atoms with Gasteiger partial charge in [-0.15, -0.1) is 0 Å². The fourth-order valence-electron chi connectivity index (χ4n) is 5.38. The highest BCUT2D eigenvalue weighted by Gasteiger charge is 2.76. The van der Waals surface area contributed by atoms with Crippen LogP contribution in [0.4, 0.5) is 0 Å². The maximum absolute atomic E-state index is 12.0. The lowest BCUT2D eigenvalue weighted by molar-refractivity contribution is -0.276. The summed E-state index contributed by atoms with van der Waals surface area (Å²) in [4.78, 5) is 12.0. The standard InChI is InChI=1S/C15H24O5/c1-13(2)4-7-8(5-13)14(3)10(9(17)12(14)19)15(20,6-16)11(7)18/h7-8,10-12,16,18-20H,4-6H2,1-3H3/t7-,8+,10-,11+,12-,14-,15+/m1/s1. The Labute approximate surface area is 118 Å². The summed E-state index contributed by atoms with van der Waals surface area (Å²) in [6.07, 6.45) is -0.675. The molecule has 0 aliphatic heterocycles. The zero-order chi connectivity index (χ0) is 15.1. The van der Waals surface area contributed by atoms with Crippen LogP contribution in [-0.2, 0) is 4.79 Å². The molecule has 0 aromatic carbocycles. The molecule has 7 atom stereocenters. The van der Waals surface area contributed by atoms with Crippen molar-refractivity contribution in [3.05, 3.63) is 0 Å². The minimum absolute atomic E-state index is 0.00275. The number of rotatable bonds is 1. The third-order valence-corrected chi connectivity index (χ3v) is 6.31. The van der Waals surface area contributed by atoms with Gasteiger partial charge in [0.05, 0.1) is 18.6 Å².